The van der Waals surface area contributed by atoms with Crippen molar-refractivity contribution in [3.63, 3.8) is 0 Å². The van der Waals surface area contributed by atoms with E-state index in [-0.39, 0.29) is 24.0 Å². The third-order valence-corrected chi connectivity index (χ3v) is 5.65. The van der Waals surface area contributed by atoms with E-state index in [1.165, 1.54) is 64.7 Å². The molecular formula is C19H40IN5. The lowest BCUT2D eigenvalue weighted by molar-refractivity contribution is 0.270. The Hall–Kier alpha value is -0.0800. The van der Waals surface area contributed by atoms with Gasteiger partial charge in [0.25, 0.3) is 0 Å². The normalized spacial score (nSPS) is 26.6. The van der Waals surface area contributed by atoms with Crippen molar-refractivity contribution in [1.82, 2.24) is 20.4 Å². The van der Waals surface area contributed by atoms with Crippen LogP contribution in [0.15, 0.2) is 4.99 Å². The van der Waals surface area contributed by atoms with E-state index in [9.17, 15) is 0 Å². The summed E-state index contributed by atoms with van der Waals surface area (Å²) in [5.74, 6) is 2.80. The quantitative estimate of drug-likeness (QED) is 0.360. The fourth-order valence-corrected chi connectivity index (χ4v) is 4.09. The molecule has 1 aliphatic heterocycles. The van der Waals surface area contributed by atoms with E-state index in [1.54, 1.807) is 0 Å². The molecule has 0 bridgehead atoms. The first-order valence-corrected chi connectivity index (χ1v) is 10.0. The van der Waals surface area contributed by atoms with Crippen LogP contribution >= 0.6 is 24.0 Å². The lowest BCUT2D eigenvalue weighted by atomic mass is 9.81. The Labute approximate surface area is 172 Å². The van der Waals surface area contributed by atoms with Gasteiger partial charge in [-0.2, -0.15) is 0 Å². The third-order valence-electron chi connectivity index (χ3n) is 5.65. The Morgan fingerprint density at radius 1 is 1.04 bits per heavy atom. The Bertz CT molecular complexity index is 377. The minimum Gasteiger partial charge on any atom is -0.356 e. The molecule has 1 aliphatic carbocycles. The zero-order valence-electron chi connectivity index (χ0n) is 16.6. The van der Waals surface area contributed by atoms with E-state index in [0.29, 0.717) is 0 Å². The van der Waals surface area contributed by atoms with E-state index < -0.39 is 0 Å². The summed E-state index contributed by atoms with van der Waals surface area (Å²) in [5.41, 5.74) is 0. The van der Waals surface area contributed by atoms with E-state index in [1.807, 2.05) is 7.05 Å². The van der Waals surface area contributed by atoms with Crippen LogP contribution in [0.5, 0.6) is 0 Å². The fourth-order valence-electron chi connectivity index (χ4n) is 4.09. The molecule has 1 saturated carbocycles. The molecule has 0 radical (unpaired) electrons. The molecule has 0 amide bonds. The van der Waals surface area contributed by atoms with Gasteiger partial charge in [-0.25, -0.2) is 0 Å². The van der Waals surface area contributed by atoms with Crippen LogP contribution in [0.4, 0.5) is 0 Å². The molecule has 0 aromatic heterocycles. The summed E-state index contributed by atoms with van der Waals surface area (Å²) in [4.78, 5) is 9.36. The molecule has 2 unspecified atom stereocenters. The molecule has 2 fully saturated rings. The predicted octanol–water partition coefficient (Wildman–Crippen LogP) is 2.62. The maximum Gasteiger partial charge on any atom is 0.191 e. The van der Waals surface area contributed by atoms with E-state index in [2.05, 4.69) is 39.4 Å². The van der Waals surface area contributed by atoms with Gasteiger partial charge in [0, 0.05) is 39.8 Å². The van der Waals surface area contributed by atoms with Crippen molar-refractivity contribution in [2.45, 2.75) is 45.4 Å². The Morgan fingerprint density at radius 2 is 1.84 bits per heavy atom. The van der Waals surface area contributed by atoms with Crippen molar-refractivity contribution in [1.29, 1.82) is 0 Å². The van der Waals surface area contributed by atoms with Crippen molar-refractivity contribution in [2.75, 3.05) is 59.9 Å². The van der Waals surface area contributed by atoms with Crippen molar-refractivity contribution in [3.05, 3.63) is 0 Å². The highest BCUT2D eigenvalue weighted by atomic mass is 127. The topological polar surface area (TPSA) is 42.9 Å². The monoisotopic (exact) mass is 465 g/mol. The zero-order chi connectivity index (χ0) is 17.2. The molecule has 6 heteroatoms. The molecule has 2 atom stereocenters. The number of aliphatic imine (C=N–C) groups is 1. The minimum absolute atomic E-state index is 0. The van der Waals surface area contributed by atoms with E-state index in [4.69, 9.17) is 0 Å². The number of nitrogens with zero attached hydrogens (tertiary/aromatic N) is 3. The van der Waals surface area contributed by atoms with Crippen molar-refractivity contribution in [2.24, 2.45) is 16.8 Å². The summed E-state index contributed by atoms with van der Waals surface area (Å²) in [7, 11) is 4.10. The van der Waals surface area contributed by atoms with Crippen LogP contribution in [0.1, 0.15) is 45.4 Å². The number of hydrogen-bond acceptors (Lipinski definition) is 3. The van der Waals surface area contributed by atoms with Crippen LogP contribution in [0.2, 0.25) is 0 Å². The number of hydrogen-bond donors (Lipinski definition) is 2. The smallest absolute Gasteiger partial charge is 0.191 e. The predicted molar refractivity (Wildman–Crippen MR) is 119 cm³/mol. The second-order valence-electron chi connectivity index (χ2n) is 7.85. The molecule has 2 N–H and O–H groups in total. The van der Waals surface area contributed by atoms with Gasteiger partial charge in [0.05, 0.1) is 0 Å². The van der Waals surface area contributed by atoms with Gasteiger partial charge < -0.3 is 20.4 Å². The number of halogens is 1. The summed E-state index contributed by atoms with van der Waals surface area (Å²) in [5, 5.41) is 6.98. The Balaban J connectivity index is 0.00000312. The third kappa shape index (κ3) is 9.43. The Morgan fingerprint density at radius 3 is 2.60 bits per heavy atom. The van der Waals surface area contributed by atoms with Crippen LogP contribution in [0.25, 0.3) is 0 Å². The number of rotatable bonds is 6. The summed E-state index contributed by atoms with van der Waals surface area (Å²) in [6.45, 7) is 10.4. The standard InChI is InChI=1S/C19H39N5.HI/c1-17-6-4-7-18(16-17)8-9-21-19(20-2)22-10-13-24-12-5-11-23(3)14-15-24;/h17-18H,4-16H2,1-3H3,(H2,20,21,22);1H. The molecule has 148 valence electrons. The van der Waals surface area contributed by atoms with Crippen molar-refractivity contribution in [3.8, 4) is 0 Å². The first kappa shape index (κ1) is 23.0. The molecule has 25 heavy (non-hydrogen) atoms. The first-order valence-electron chi connectivity index (χ1n) is 10.0. The highest BCUT2D eigenvalue weighted by Crippen LogP contribution is 2.30. The van der Waals surface area contributed by atoms with Gasteiger partial charge >= 0.3 is 0 Å². The maximum atomic E-state index is 4.37. The fraction of sp³-hybridized carbons (Fsp3) is 0.947. The second kappa shape index (κ2) is 13.1. The van der Waals surface area contributed by atoms with Gasteiger partial charge in [0.1, 0.15) is 0 Å². The molecule has 2 aliphatic rings. The average molecular weight is 465 g/mol. The molecule has 0 aromatic carbocycles. The number of guanidine groups is 1. The lowest BCUT2D eigenvalue weighted by Gasteiger charge is -2.27. The van der Waals surface area contributed by atoms with Crippen LogP contribution in [0.3, 0.4) is 0 Å². The van der Waals surface area contributed by atoms with Crippen molar-refractivity contribution >= 4 is 29.9 Å². The highest BCUT2D eigenvalue weighted by Gasteiger charge is 2.18. The van der Waals surface area contributed by atoms with Gasteiger partial charge in [-0.15, -0.1) is 24.0 Å². The lowest BCUT2D eigenvalue weighted by Crippen LogP contribution is -2.42. The van der Waals surface area contributed by atoms with Crippen LogP contribution in [0, 0.1) is 11.8 Å². The largest absolute Gasteiger partial charge is 0.356 e. The zero-order valence-corrected chi connectivity index (χ0v) is 18.9. The Kier molecular flexibility index (Phi) is 12.1. The van der Waals surface area contributed by atoms with Gasteiger partial charge in [-0.05, 0) is 51.2 Å². The van der Waals surface area contributed by atoms with Crippen LogP contribution in [-0.4, -0.2) is 75.7 Å². The maximum absolute atomic E-state index is 4.37. The van der Waals surface area contributed by atoms with Crippen LogP contribution in [-0.2, 0) is 0 Å². The molecule has 1 saturated heterocycles. The molecule has 2 rings (SSSR count). The van der Waals surface area contributed by atoms with E-state index in [0.717, 1.165) is 37.4 Å². The van der Waals surface area contributed by atoms with Gasteiger partial charge in [-0.1, -0.05) is 26.2 Å². The molecule has 0 spiro atoms. The summed E-state index contributed by atoms with van der Waals surface area (Å²) >= 11 is 0. The number of likely N-dealkylation sites (N-methyl/N-ethyl adjacent to an activating group) is 1. The van der Waals surface area contributed by atoms with Crippen molar-refractivity contribution < 1.29 is 0 Å². The molecule has 0 aromatic rings. The summed E-state index contributed by atoms with van der Waals surface area (Å²) in [6.07, 6.45) is 8.24. The SMILES string of the molecule is CN=C(NCCC1CCCC(C)C1)NCCN1CCCN(C)CC1.I. The van der Waals surface area contributed by atoms with Crippen LogP contribution < -0.4 is 10.6 Å². The highest BCUT2D eigenvalue weighted by molar-refractivity contribution is 14.0. The average Bonchev–Trinajstić information content (AvgIpc) is 2.78. The molecular weight excluding hydrogens is 425 g/mol. The second-order valence-corrected chi connectivity index (χ2v) is 7.85. The van der Waals surface area contributed by atoms with Gasteiger partial charge in [0.15, 0.2) is 5.96 Å². The molecule has 5 nitrogen and oxygen atoms in total. The number of nitrogens with one attached hydrogen (secondary N) is 2. The van der Waals surface area contributed by atoms with Gasteiger partial charge in [0.2, 0.25) is 0 Å². The molecule has 1 heterocycles. The van der Waals surface area contributed by atoms with E-state index >= 15 is 0 Å². The summed E-state index contributed by atoms with van der Waals surface area (Å²) in [6, 6.07) is 0. The minimum atomic E-state index is 0. The summed E-state index contributed by atoms with van der Waals surface area (Å²) < 4.78 is 0. The first-order chi connectivity index (χ1) is 11.7. The van der Waals surface area contributed by atoms with Gasteiger partial charge in [-0.3, -0.25) is 4.99 Å².